The maximum atomic E-state index is 5.17. The average molecular weight is 393 g/mol. The minimum Gasteiger partial charge on any atom is -0.383 e. The number of aryl methyl sites for hydroxylation is 1. The highest BCUT2D eigenvalue weighted by atomic mass is 16.5. The van der Waals surface area contributed by atoms with Crippen LogP contribution < -0.4 is 10.6 Å². The molecule has 1 aromatic rings. The molecule has 0 bridgehead atoms. The van der Waals surface area contributed by atoms with Crippen molar-refractivity contribution in [1.29, 1.82) is 0 Å². The van der Waals surface area contributed by atoms with E-state index in [2.05, 4.69) is 48.3 Å². The summed E-state index contributed by atoms with van der Waals surface area (Å²) in [5.41, 5.74) is 3.43. The van der Waals surface area contributed by atoms with Crippen molar-refractivity contribution in [2.75, 3.05) is 39.9 Å². The monoisotopic (exact) mass is 392 g/mol. The first-order valence-corrected chi connectivity index (χ1v) is 10.8. The van der Waals surface area contributed by atoms with Crippen LogP contribution in [0.3, 0.4) is 0 Å². The van der Waals surface area contributed by atoms with Crippen molar-refractivity contribution in [1.82, 2.24) is 25.3 Å². The van der Waals surface area contributed by atoms with Crippen molar-refractivity contribution in [3.8, 4) is 0 Å². The van der Waals surface area contributed by atoms with Gasteiger partial charge in [-0.15, -0.1) is 0 Å². The SMILES string of the molecule is CCNC(=NCc1c(C)nn(CCOC)c1C)NCCCN1CCCCC1C. The molecule has 2 N–H and O–H groups in total. The van der Waals surface area contributed by atoms with Gasteiger partial charge in [-0.2, -0.15) is 5.10 Å². The number of nitrogens with one attached hydrogen (secondary N) is 2. The highest BCUT2D eigenvalue weighted by molar-refractivity contribution is 5.79. The zero-order valence-electron chi connectivity index (χ0n) is 18.6. The van der Waals surface area contributed by atoms with Crippen molar-refractivity contribution in [2.45, 2.75) is 72.5 Å². The zero-order valence-corrected chi connectivity index (χ0v) is 18.6. The lowest BCUT2D eigenvalue weighted by molar-refractivity contribution is 0.159. The largest absolute Gasteiger partial charge is 0.383 e. The number of aromatic nitrogens is 2. The average Bonchev–Trinajstić information content (AvgIpc) is 2.95. The molecule has 7 heteroatoms. The van der Waals surface area contributed by atoms with Gasteiger partial charge in [0.05, 0.1) is 25.4 Å². The molecule has 2 heterocycles. The summed E-state index contributed by atoms with van der Waals surface area (Å²) in [7, 11) is 1.72. The molecule has 160 valence electrons. The molecule has 1 unspecified atom stereocenters. The minimum absolute atomic E-state index is 0.642. The quantitative estimate of drug-likeness (QED) is 0.364. The van der Waals surface area contributed by atoms with Crippen molar-refractivity contribution < 1.29 is 4.74 Å². The molecule has 7 nitrogen and oxygen atoms in total. The van der Waals surface area contributed by atoms with E-state index in [1.165, 1.54) is 37.1 Å². The summed E-state index contributed by atoms with van der Waals surface area (Å²) in [4.78, 5) is 7.42. The molecule has 0 aromatic carbocycles. The first-order valence-electron chi connectivity index (χ1n) is 10.8. The van der Waals surface area contributed by atoms with Crippen LogP contribution in [0.25, 0.3) is 0 Å². The summed E-state index contributed by atoms with van der Waals surface area (Å²) in [6, 6.07) is 0.733. The highest BCUT2D eigenvalue weighted by Crippen LogP contribution is 2.16. The molecule has 1 saturated heterocycles. The summed E-state index contributed by atoms with van der Waals surface area (Å²) >= 11 is 0. The van der Waals surface area contributed by atoms with Gasteiger partial charge in [0, 0.05) is 44.0 Å². The van der Waals surface area contributed by atoms with E-state index in [4.69, 9.17) is 9.73 Å². The second-order valence-corrected chi connectivity index (χ2v) is 7.72. The van der Waals surface area contributed by atoms with Gasteiger partial charge < -0.3 is 20.3 Å². The maximum absolute atomic E-state index is 5.17. The zero-order chi connectivity index (χ0) is 20.4. The fraction of sp³-hybridized carbons (Fsp3) is 0.810. The van der Waals surface area contributed by atoms with Crippen molar-refractivity contribution in [2.24, 2.45) is 4.99 Å². The van der Waals surface area contributed by atoms with E-state index in [9.17, 15) is 0 Å². The van der Waals surface area contributed by atoms with E-state index in [-0.39, 0.29) is 0 Å². The number of nitrogens with zero attached hydrogens (tertiary/aromatic N) is 4. The molecule has 1 aromatic heterocycles. The van der Waals surface area contributed by atoms with Gasteiger partial charge in [-0.05, 0) is 53.5 Å². The van der Waals surface area contributed by atoms with E-state index >= 15 is 0 Å². The Labute approximate surface area is 170 Å². The van der Waals surface area contributed by atoms with Crippen LogP contribution in [0.4, 0.5) is 0 Å². The fourth-order valence-electron chi connectivity index (χ4n) is 3.84. The number of hydrogen-bond donors (Lipinski definition) is 2. The molecule has 0 aliphatic carbocycles. The van der Waals surface area contributed by atoms with Crippen LogP contribution in [0.2, 0.25) is 0 Å². The number of piperidine rings is 1. The van der Waals surface area contributed by atoms with Gasteiger partial charge in [0.2, 0.25) is 0 Å². The molecular weight excluding hydrogens is 352 g/mol. The number of aliphatic imine (C=N–C) groups is 1. The van der Waals surface area contributed by atoms with Gasteiger partial charge in [0.25, 0.3) is 0 Å². The first kappa shape index (κ1) is 22.7. The molecule has 0 spiro atoms. The smallest absolute Gasteiger partial charge is 0.191 e. The van der Waals surface area contributed by atoms with Crippen LogP contribution in [0.1, 0.15) is 56.5 Å². The lowest BCUT2D eigenvalue weighted by Gasteiger charge is -2.33. The standard InChI is InChI=1S/C21H40N6O/c1-6-22-21(23-11-9-13-26-12-8-7-10-17(26)2)24-16-20-18(3)25-27(19(20)4)14-15-28-5/h17H,6-16H2,1-5H3,(H2,22,23,24). The molecule has 1 aliphatic heterocycles. The lowest BCUT2D eigenvalue weighted by atomic mass is 10.0. The van der Waals surface area contributed by atoms with E-state index < -0.39 is 0 Å². The van der Waals surface area contributed by atoms with Crippen LogP contribution in [0.15, 0.2) is 4.99 Å². The molecular formula is C21H40N6O. The van der Waals surface area contributed by atoms with Crippen LogP contribution >= 0.6 is 0 Å². The molecule has 1 fully saturated rings. The molecule has 1 aliphatic rings. The Morgan fingerprint density at radius 2 is 2.07 bits per heavy atom. The third-order valence-electron chi connectivity index (χ3n) is 5.63. The molecule has 28 heavy (non-hydrogen) atoms. The predicted octanol–water partition coefficient (Wildman–Crippen LogP) is 2.47. The number of methoxy groups -OCH3 is 1. The Hall–Kier alpha value is -1.60. The Kier molecular flexibility index (Phi) is 9.78. The molecule has 1 atom stereocenters. The van der Waals surface area contributed by atoms with E-state index in [1.54, 1.807) is 7.11 Å². The van der Waals surface area contributed by atoms with Gasteiger partial charge in [0.1, 0.15) is 0 Å². The van der Waals surface area contributed by atoms with Crippen molar-refractivity contribution in [3.05, 3.63) is 17.0 Å². The second-order valence-electron chi connectivity index (χ2n) is 7.72. The predicted molar refractivity (Wildman–Crippen MR) is 116 cm³/mol. The number of guanidine groups is 1. The van der Waals surface area contributed by atoms with Crippen LogP contribution in [-0.2, 0) is 17.8 Å². The minimum atomic E-state index is 0.642. The highest BCUT2D eigenvalue weighted by Gasteiger charge is 2.17. The van der Waals surface area contributed by atoms with Gasteiger partial charge in [0.15, 0.2) is 5.96 Å². The summed E-state index contributed by atoms with van der Waals surface area (Å²) in [6.07, 6.45) is 5.21. The number of likely N-dealkylation sites (tertiary alicyclic amines) is 1. The Morgan fingerprint density at radius 1 is 1.25 bits per heavy atom. The fourth-order valence-corrected chi connectivity index (χ4v) is 3.84. The third-order valence-corrected chi connectivity index (χ3v) is 5.63. The van der Waals surface area contributed by atoms with E-state index in [0.717, 1.165) is 50.3 Å². The summed E-state index contributed by atoms with van der Waals surface area (Å²) < 4.78 is 7.19. The number of rotatable bonds is 10. The summed E-state index contributed by atoms with van der Waals surface area (Å²) in [5, 5.41) is 11.5. The molecule has 0 saturated carbocycles. The molecule has 2 rings (SSSR count). The Balaban J connectivity index is 1.85. The first-order chi connectivity index (χ1) is 13.6. The molecule has 0 radical (unpaired) electrons. The van der Waals surface area contributed by atoms with Crippen molar-refractivity contribution >= 4 is 5.96 Å². The maximum Gasteiger partial charge on any atom is 0.191 e. The van der Waals surface area contributed by atoms with E-state index in [0.29, 0.717) is 13.2 Å². The van der Waals surface area contributed by atoms with Crippen LogP contribution in [-0.4, -0.2) is 66.6 Å². The molecule has 0 amide bonds. The van der Waals surface area contributed by atoms with Gasteiger partial charge in [-0.25, -0.2) is 4.99 Å². The second kappa shape index (κ2) is 12.1. The third kappa shape index (κ3) is 6.78. The summed E-state index contributed by atoms with van der Waals surface area (Å²) in [5.74, 6) is 0.887. The van der Waals surface area contributed by atoms with Crippen LogP contribution in [0.5, 0.6) is 0 Å². The normalized spacial score (nSPS) is 18.5. The number of hydrogen-bond acceptors (Lipinski definition) is 4. The number of ether oxygens (including phenoxy) is 1. The van der Waals surface area contributed by atoms with Crippen molar-refractivity contribution in [3.63, 3.8) is 0 Å². The topological polar surface area (TPSA) is 66.7 Å². The van der Waals surface area contributed by atoms with E-state index in [1.807, 2.05) is 4.68 Å². The lowest BCUT2D eigenvalue weighted by Crippen LogP contribution is -2.41. The van der Waals surface area contributed by atoms with Gasteiger partial charge in [-0.3, -0.25) is 4.68 Å². The van der Waals surface area contributed by atoms with Gasteiger partial charge in [-0.1, -0.05) is 6.42 Å². The Morgan fingerprint density at radius 3 is 2.79 bits per heavy atom. The van der Waals surface area contributed by atoms with Gasteiger partial charge >= 0.3 is 0 Å². The summed E-state index contributed by atoms with van der Waals surface area (Å²) in [6.45, 7) is 14.9. The van der Waals surface area contributed by atoms with Crippen LogP contribution in [0, 0.1) is 13.8 Å². The Bertz CT molecular complexity index is 612.